The van der Waals surface area contributed by atoms with Crippen LogP contribution in [0.5, 0.6) is 0 Å². The normalized spacial score (nSPS) is 20.0. The number of hydrogen-bond donors (Lipinski definition) is 2. The van der Waals surface area contributed by atoms with E-state index in [1.165, 1.54) is 12.1 Å². The van der Waals surface area contributed by atoms with Gasteiger partial charge < -0.3 is 15.5 Å². The third-order valence-electron chi connectivity index (χ3n) is 5.64. The maximum Gasteiger partial charge on any atom is 0.315 e. The van der Waals surface area contributed by atoms with Crippen LogP contribution in [0.15, 0.2) is 24.3 Å². The highest BCUT2D eigenvalue weighted by Gasteiger charge is 2.29. The second-order valence-corrected chi connectivity index (χ2v) is 7.48. The first-order chi connectivity index (χ1) is 12.5. The molecule has 3 rings (SSSR count). The molecular formula is C20H28FN3O2. The molecule has 1 saturated carbocycles. The van der Waals surface area contributed by atoms with Crippen molar-refractivity contribution in [2.24, 2.45) is 5.92 Å². The lowest BCUT2D eigenvalue weighted by molar-refractivity contribution is -0.129. The lowest BCUT2D eigenvalue weighted by Crippen LogP contribution is -2.49. The Morgan fingerprint density at radius 2 is 1.85 bits per heavy atom. The molecule has 142 valence electrons. The average Bonchev–Trinajstić information content (AvgIpc) is 3.14. The zero-order valence-corrected chi connectivity index (χ0v) is 15.3. The van der Waals surface area contributed by atoms with Crippen LogP contribution in [0, 0.1) is 11.7 Å². The molecule has 0 bridgehead atoms. The van der Waals surface area contributed by atoms with Gasteiger partial charge in [0.15, 0.2) is 0 Å². The number of nitrogens with zero attached hydrogens (tertiary/aromatic N) is 1. The van der Waals surface area contributed by atoms with Gasteiger partial charge in [-0.3, -0.25) is 4.79 Å². The smallest absolute Gasteiger partial charge is 0.315 e. The molecule has 0 radical (unpaired) electrons. The predicted octanol–water partition coefficient (Wildman–Crippen LogP) is 3.37. The van der Waals surface area contributed by atoms with E-state index in [9.17, 15) is 14.0 Å². The molecule has 1 aliphatic carbocycles. The summed E-state index contributed by atoms with van der Waals surface area (Å²) in [6, 6.07) is 6.24. The van der Waals surface area contributed by atoms with E-state index in [1.54, 1.807) is 13.0 Å². The summed E-state index contributed by atoms with van der Waals surface area (Å²) < 4.78 is 13.7. The Balaban J connectivity index is 1.60. The summed E-state index contributed by atoms with van der Waals surface area (Å²) in [5.41, 5.74) is 0.832. The molecule has 1 atom stereocenters. The largest absolute Gasteiger partial charge is 0.343 e. The van der Waals surface area contributed by atoms with Gasteiger partial charge in [-0.25, -0.2) is 9.18 Å². The highest BCUT2D eigenvalue weighted by Crippen LogP contribution is 2.35. The standard InChI is InChI=1S/C20H28FN3O2/c1-14(25)24-11-9-18(10-12-24)22-20(26)23-19(15-5-2-3-6-15)16-7-4-8-17(21)13-16/h4,7-8,13,15,18-19H,2-3,5-6,9-12H2,1H3,(H2,22,23,26). The quantitative estimate of drug-likeness (QED) is 0.864. The van der Waals surface area contributed by atoms with Crippen LogP contribution >= 0.6 is 0 Å². The average molecular weight is 361 g/mol. The SMILES string of the molecule is CC(=O)N1CCC(NC(=O)NC(c2cccc(F)c2)C2CCCC2)CC1. The van der Waals surface area contributed by atoms with Gasteiger partial charge in [0.05, 0.1) is 6.04 Å². The molecule has 1 heterocycles. The minimum atomic E-state index is -0.274. The third-order valence-corrected chi connectivity index (χ3v) is 5.64. The maximum atomic E-state index is 13.7. The van der Waals surface area contributed by atoms with Crippen molar-refractivity contribution in [2.45, 2.75) is 57.5 Å². The number of rotatable bonds is 4. The second-order valence-electron chi connectivity index (χ2n) is 7.48. The Bertz CT molecular complexity index is 638. The Labute approximate surface area is 154 Å². The van der Waals surface area contributed by atoms with E-state index < -0.39 is 0 Å². The molecule has 0 aromatic heterocycles. The van der Waals surface area contributed by atoms with Crippen LogP contribution < -0.4 is 10.6 Å². The van der Waals surface area contributed by atoms with Crippen molar-refractivity contribution < 1.29 is 14.0 Å². The van der Waals surface area contributed by atoms with E-state index in [4.69, 9.17) is 0 Å². The monoisotopic (exact) mass is 361 g/mol. The fourth-order valence-corrected chi connectivity index (χ4v) is 4.17. The topological polar surface area (TPSA) is 61.4 Å². The number of benzene rings is 1. The van der Waals surface area contributed by atoms with Crippen molar-refractivity contribution in [1.29, 1.82) is 0 Å². The molecule has 0 spiro atoms. The summed E-state index contributed by atoms with van der Waals surface area (Å²) in [6.07, 6.45) is 5.95. The number of piperidine rings is 1. The Hall–Kier alpha value is -2.11. The molecule has 2 N–H and O–H groups in total. The molecule has 3 amide bonds. The van der Waals surface area contributed by atoms with Crippen LogP contribution in [-0.4, -0.2) is 36.0 Å². The van der Waals surface area contributed by atoms with Gasteiger partial charge in [0.25, 0.3) is 0 Å². The second kappa shape index (κ2) is 8.52. The van der Waals surface area contributed by atoms with Gasteiger partial charge in [-0.2, -0.15) is 0 Å². The first-order valence-electron chi connectivity index (χ1n) is 9.61. The molecule has 6 heteroatoms. The van der Waals surface area contributed by atoms with Gasteiger partial charge in [-0.1, -0.05) is 25.0 Å². The van der Waals surface area contributed by atoms with Gasteiger partial charge in [0.2, 0.25) is 5.91 Å². The number of hydrogen-bond acceptors (Lipinski definition) is 2. The first-order valence-corrected chi connectivity index (χ1v) is 9.61. The summed E-state index contributed by atoms with van der Waals surface area (Å²) in [7, 11) is 0. The van der Waals surface area contributed by atoms with E-state index in [0.29, 0.717) is 19.0 Å². The minimum Gasteiger partial charge on any atom is -0.343 e. The van der Waals surface area contributed by atoms with Crippen LogP contribution in [0.4, 0.5) is 9.18 Å². The summed E-state index contributed by atoms with van der Waals surface area (Å²) >= 11 is 0. The van der Waals surface area contributed by atoms with Gasteiger partial charge in [0, 0.05) is 26.1 Å². The van der Waals surface area contributed by atoms with Gasteiger partial charge >= 0.3 is 6.03 Å². The summed E-state index contributed by atoms with van der Waals surface area (Å²) in [6.45, 7) is 2.93. The van der Waals surface area contributed by atoms with E-state index in [2.05, 4.69) is 10.6 Å². The van der Waals surface area contributed by atoms with Gasteiger partial charge in [0.1, 0.15) is 5.82 Å². The molecule has 1 aromatic rings. The fraction of sp³-hybridized carbons (Fsp3) is 0.600. The summed E-state index contributed by atoms with van der Waals surface area (Å²) in [4.78, 5) is 25.8. The lowest BCUT2D eigenvalue weighted by Gasteiger charge is -2.32. The Morgan fingerprint density at radius 3 is 2.46 bits per heavy atom. The predicted molar refractivity (Wildman–Crippen MR) is 98.0 cm³/mol. The maximum absolute atomic E-state index is 13.7. The van der Waals surface area contributed by atoms with Crippen LogP contribution in [-0.2, 0) is 4.79 Å². The molecule has 26 heavy (non-hydrogen) atoms. The highest BCUT2D eigenvalue weighted by molar-refractivity contribution is 5.75. The number of amides is 3. The van der Waals surface area contributed by atoms with Crippen molar-refractivity contribution in [3.8, 4) is 0 Å². The van der Waals surface area contributed by atoms with Crippen molar-refractivity contribution in [2.75, 3.05) is 13.1 Å². The van der Waals surface area contributed by atoms with Crippen molar-refractivity contribution in [1.82, 2.24) is 15.5 Å². The van der Waals surface area contributed by atoms with Gasteiger partial charge in [-0.15, -0.1) is 0 Å². The van der Waals surface area contributed by atoms with E-state index in [1.807, 2.05) is 11.0 Å². The number of urea groups is 1. The molecule has 1 saturated heterocycles. The Morgan fingerprint density at radius 1 is 1.15 bits per heavy atom. The van der Waals surface area contributed by atoms with Crippen molar-refractivity contribution >= 4 is 11.9 Å². The summed E-state index contributed by atoms with van der Waals surface area (Å²) in [5, 5.41) is 6.12. The lowest BCUT2D eigenvalue weighted by atomic mass is 9.91. The zero-order chi connectivity index (χ0) is 18.5. The highest BCUT2D eigenvalue weighted by atomic mass is 19.1. The molecule has 1 unspecified atom stereocenters. The van der Waals surface area contributed by atoms with Gasteiger partial charge in [-0.05, 0) is 49.3 Å². The number of carbonyl (C=O) groups excluding carboxylic acids is 2. The number of halogens is 1. The number of likely N-dealkylation sites (tertiary alicyclic amines) is 1. The number of nitrogens with one attached hydrogen (secondary N) is 2. The Kier molecular flexibility index (Phi) is 6.12. The summed E-state index contributed by atoms with van der Waals surface area (Å²) in [5.74, 6) is 0.159. The number of carbonyl (C=O) groups is 2. The molecule has 2 aliphatic rings. The van der Waals surface area contributed by atoms with Crippen molar-refractivity contribution in [3.63, 3.8) is 0 Å². The van der Waals surface area contributed by atoms with E-state index >= 15 is 0 Å². The van der Waals surface area contributed by atoms with Crippen LogP contribution in [0.2, 0.25) is 0 Å². The zero-order valence-electron chi connectivity index (χ0n) is 15.3. The van der Waals surface area contributed by atoms with Crippen molar-refractivity contribution in [3.05, 3.63) is 35.6 Å². The van der Waals surface area contributed by atoms with Crippen LogP contribution in [0.3, 0.4) is 0 Å². The molecule has 1 aromatic carbocycles. The molecular weight excluding hydrogens is 333 g/mol. The molecule has 1 aliphatic heterocycles. The van der Waals surface area contributed by atoms with E-state index in [0.717, 1.165) is 44.1 Å². The van der Waals surface area contributed by atoms with E-state index in [-0.39, 0.29) is 29.8 Å². The fourth-order valence-electron chi connectivity index (χ4n) is 4.17. The molecule has 5 nitrogen and oxygen atoms in total. The first kappa shape index (κ1) is 18.7. The minimum absolute atomic E-state index is 0.0716. The third kappa shape index (κ3) is 4.74. The van der Waals surface area contributed by atoms with Crippen LogP contribution in [0.25, 0.3) is 0 Å². The molecule has 2 fully saturated rings. The van der Waals surface area contributed by atoms with Crippen LogP contribution in [0.1, 0.15) is 57.1 Å².